The molecule has 154 valence electrons. The highest BCUT2D eigenvalue weighted by molar-refractivity contribution is 5.83. The van der Waals surface area contributed by atoms with Gasteiger partial charge >= 0.3 is 0 Å². The zero-order valence-corrected chi connectivity index (χ0v) is 17.2. The van der Waals surface area contributed by atoms with Crippen LogP contribution in [-0.2, 0) is 6.54 Å². The van der Waals surface area contributed by atoms with Crippen LogP contribution >= 0.6 is 0 Å². The maximum atomic E-state index is 4.82. The van der Waals surface area contributed by atoms with Crippen molar-refractivity contribution < 1.29 is 0 Å². The molecule has 5 aromatic heterocycles. The van der Waals surface area contributed by atoms with Gasteiger partial charge in [0, 0.05) is 35.8 Å². The van der Waals surface area contributed by atoms with Crippen molar-refractivity contribution in [1.82, 2.24) is 45.5 Å². The molecule has 0 amide bonds. The van der Waals surface area contributed by atoms with Gasteiger partial charge in [0.15, 0.2) is 0 Å². The number of likely N-dealkylation sites (N-methyl/N-ethyl adjacent to an activating group) is 1. The van der Waals surface area contributed by atoms with Crippen LogP contribution in [-0.4, -0.2) is 53.7 Å². The van der Waals surface area contributed by atoms with Crippen LogP contribution in [0.3, 0.4) is 0 Å². The lowest BCUT2D eigenvalue weighted by molar-refractivity contribution is 0.585. The molecule has 0 aliphatic carbocycles. The smallest absolute Gasteiger partial charge is 0.140 e. The molecule has 0 unspecified atom stereocenters. The zero-order valence-electron chi connectivity index (χ0n) is 17.2. The van der Waals surface area contributed by atoms with Crippen molar-refractivity contribution in [2.24, 2.45) is 0 Å². The molecular weight excluding hydrogens is 390 g/mol. The van der Waals surface area contributed by atoms with Crippen LogP contribution in [0.5, 0.6) is 0 Å². The van der Waals surface area contributed by atoms with Gasteiger partial charge in [0.25, 0.3) is 0 Å². The Hall–Kier alpha value is -3.98. The van der Waals surface area contributed by atoms with Crippen LogP contribution in [0.2, 0.25) is 0 Å². The molecule has 5 rings (SSSR count). The molecule has 0 saturated carbocycles. The number of aromatic nitrogens is 8. The lowest BCUT2D eigenvalue weighted by Crippen LogP contribution is -2.14. The molecule has 0 aromatic carbocycles. The molecule has 0 atom stereocenters. The van der Waals surface area contributed by atoms with Crippen LogP contribution in [0.1, 0.15) is 5.69 Å². The Labute approximate surface area is 178 Å². The summed E-state index contributed by atoms with van der Waals surface area (Å²) >= 11 is 0. The molecule has 2 N–H and O–H groups in total. The van der Waals surface area contributed by atoms with Crippen molar-refractivity contribution in [3.63, 3.8) is 0 Å². The fraction of sp³-hybridized carbons (Fsp3) is 0.182. The number of nitrogens with zero attached hydrogens (tertiary/aromatic N) is 7. The highest BCUT2D eigenvalue weighted by Gasteiger charge is 2.15. The first-order valence-corrected chi connectivity index (χ1v) is 10.0. The minimum Gasteiger partial charge on any atom is -0.318 e. The van der Waals surface area contributed by atoms with E-state index >= 15 is 0 Å². The monoisotopic (exact) mass is 411 g/mol. The Balaban J connectivity index is 1.52. The summed E-state index contributed by atoms with van der Waals surface area (Å²) in [7, 11) is 1.93. The van der Waals surface area contributed by atoms with Gasteiger partial charge in [-0.1, -0.05) is 11.3 Å². The topological polar surface area (TPSA) is 110 Å². The van der Waals surface area contributed by atoms with Gasteiger partial charge in [-0.2, -0.15) is 5.10 Å². The van der Waals surface area contributed by atoms with Gasteiger partial charge in [-0.05, 0) is 44.3 Å². The molecule has 9 nitrogen and oxygen atoms in total. The second kappa shape index (κ2) is 8.04. The van der Waals surface area contributed by atoms with Crippen LogP contribution in [0.4, 0.5) is 0 Å². The van der Waals surface area contributed by atoms with E-state index in [4.69, 9.17) is 4.98 Å². The highest BCUT2D eigenvalue weighted by Crippen LogP contribution is 2.28. The van der Waals surface area contributed by atoms with Crippen molar-refractivity contribution in [3.8, 4) is 33.9 Å². The third-order valence-corrected chi connectivity index (χ3v) is 5.03. The van der Waals surface area contributed by atoms with E-state index in [2.05, 4.69) is 35.8 Å². The fourth-order valence-electron chi connectivity index (χ4n) is 3.43. The summed E-state index contributed by atoms with van der Waals surface area (Å²) in [6.45, 7) is 3.62. The Morgan fingerprint density at radius 2 is 1.94 bits per heavy atom. The number of H-pyrrole nitrogens is 1. The number of rotatable bonds is 6. The van der Waals surface area contributed by atoms with Crippen molar-refractivity contribution in [3.05, 3.63) is 60.7 Å². The predicted molar refractivity (Wildman–Crippen MR) is 118 cm³/mol. The minimum atomic E-state index is 0.658. The standard InChI is InChI=1S/C22H21N9/c1-14-4-3-5-18(26-14)21-22(29-30-28-21)19-7-6-17-20(27-19)10-15(11-24-17)16-12-25-31(13-16)9-8-23-2/h3-7,10-13,23H,8-9H2,1-2H3,(H,28,29,30). The first kappa shape index (κ1) is 19.0. The van der Waals surface area contributed by atoms with E-state index in [0.29, 0.717) is 11.4 Å². The largest absolute Gasteiger partial charge is 0.318 e. The van der Waals surface area contributed by atoms with Crippen molar-refractivity contribution in [2.75, 3.05) is 13.6 Å². The molecule has 5 aromatic rings. The molecule has 9 heteroatoms. The summed E-state index contributed by atoms with van der Waals surface area (Å²) in [6.07, 6.45) is 5.71. The number of hydrogen-bond acceptors (Lipinski definition) is 7. The second-order valence-corrected chi connectivity index (χ2v) is 7.25. The summed E-state index contributed by atoms with van der Waals surface area (Å²) in [6, 6.07) is 11.7. The van der Waals surface area contributed by atoms with E-state index in [1.54, 1.807) is 0 Å². The van der Waals surface area contributed by atoms with E-state index < -0.39 is 0 Å². The van der Waals surface area contributed by atoms with Crippen molar-refractivity contribution >= 4 is 11.0 Å². The van der Waals surface area contributed by atoms with E-state index in [1.165, 1.54) is 0 Å². The Morgan fingerprint density at radius 3 is 2.81 bits per heavy atom. The molecule has 0 spiro atoms. The molecular formula is C22H21N9. The number of nitrogens with one attached hydrogen (secondary N) is 2. The second-order valence-electron chi connectivity index (χ2n) is 7.25. The van der Waals surface area contributed by atoms with Crippen LogP contribution in [0.25, 0.3) is 44.9 Å². The number of fused-ring (bicyclic) bond motifs is 1. The lowest BCUT2D eigenvalue weighted by Gasteiger charge is -2.05. The average molecular weight is 411 g/mol. The number of aromatic amines is 1. The van der Waals surface area contributed by atoms with Crippen LogP contribution in [0.15, 0.2) is 55.0 Å². The van der Waals surface area contributed by atoms with Crippen LogP contribution < -0.4 is 5.32 Å². The summed E-state index contributed by atoms with van der Waals surface area (Å²) in [5.74, 6) is 0. The van der Waals surface area contributed by atoms with E-state index in [9.17, 15) is 0 Å². The normalized spacial score (nSPS) is 11.3. The van der Waals surface area contributed by atoms with E-state index in [-0.39, 0.29) is 0 Å². The Bertz CT molecular complexity index is 1350. The molecule has 5 heterocycles. The predicted octanol–water partition coefficient (Wildman–Crippen LogP) is 2.87. The van der Waals surface area contributed by atoms with Crippen molar-refractivity contribution in [1.29, 1.82) is 0 Å². The molecule has 0 radical (unpaired) electrons. The maximum Gasteiger partial charge on any atom is 0.140 e. The lowest BCUT2D eigenvalue weighted by atomic mass is 10.1. The molecule has 0 bridgehead atoms. The van der Waals surface area contributed by atoms with Gasteiger partial charge < -0.3 is 5.32 Å². The zero-order chi connectivity index (χ0) is 21.2. The highest BCUT2D eigenvalue weighted by atomic mass is 15.3. The SMILES string of the molecule is CNCCn1cc(-c2cnc3ccc(-c4nn[nH]c4-c4cccc(C)n4)nc3c2)cn1. The van der Waals surface area contributed by atoms with Gasteiger partial charge in [0.05, 0.1) is 35.2 Å². The van der Waals surface area contributed by atoms with Gasteiger partial charge in [0.2, 0.25) is 0 Å². The first-order valence-electron chi connectivity index (χ1n) is 10.0. The van der Waals surface area contributed by atoms with E-state index in [0.717, 1.165) is 52.3 Å². The number of pyridine rings is 3. The molecule has 0 fully saturated rings. The number of hydrogen-bond donors (Lipinski definition) is 2. The summed E-state index contributed by atoms with van der Waals surface area (Å²) in [4.78, 5) is 14.0. The molecule has 0 aliphatic rings. The summed E-state index contributed by atoms with van der Waals surface area (Å²) in [5, 5.41) is 18.8. The Morgan fingerprint density at radius 1 is 1.00 bits per heavy atom. The average Bonchev–Trinajstić information content (AvgIpc) is 3.47. The third-order valence-electron chi connectivity index (χ3n) is 5.03. The van der Waals surface area contributed by atoms with Gasteiger partial charge in [-0.15, -0.1) is 5.10 Å². The van der Waals surface area contributed by atoms with Crippen molar-refractivity contribution in [2.45, 2.75) is 13.5 Å². The summed E-state index contributed by atoms with van der Waals surface area (Å²) in [5.41, 5.74) is 7.38. The molecule has 0 saturated heterocycles. The fourth-order valence-corrected chi connectivity index (χ4v) is 3.43. The van der Waals surface area contributed by atoms with Gasteiger partial charge in [-0.3, -0.25) is 19.7 Å². The first-order chi connectivity index (χ1) is 15.2. The molecule has 0 aliphatic heterocycles. The Kier molecular flexibility index (Phi) is 4.93. The maximum absolute atomic E-state index is 4.82. The van der Waals surface area contributed by atoms with Gasteiger partial charge in [0.1, 0.15) is 11.4 Å². The summed E-state index contributed by atoms with van der Waals surface area (Å²) < 4.78 is 1.91. The quantitative estimate of drug-likeness (QED) is 0.442. The van der Waals surface area contributed by atoms with Gasteiger partial charge in [-0.25, -0.2) is 4.98 Å². The molecule has 31 heavy (non-hydrogen) atoms. The number of aryl methyl sites for hydroxylation is 1. The third kappa shape index (κ3) is 3.78. The van der Waals surface area contributed by atoms with E-state index in [1.807, 2.05) is 73.6 Å². The minimum absolute atomic E-state index is 0.658. The van der Waals surface area contributed by atoms with Crippen LogP contribution in [0, 0.1) is 6.92 Å².